The molecule has 16 heteroatoms. The van der Waals surface area contributed by atoms with Gasteiger partial charge in [0.1, 0.15) is 35.9 Å². The number of benzene rings is 1. The van der Waals surface area contributed by atoms with E-state index in [1.54, 1.807) is 32.4 Å². The zero-order valence-corrected chi connectivity index (χ0v) is 37.8. The first kappa shape index (κ1) is 50.5. The fourth-order valence-electron chi connectivity index (χ4n) is 9.19. The van der Waals surface area contributed by atoms with Crippen LogP contribution in [0.1, 0.15) is 106 Å². The number of cyclic esters (lactones) is 1. The van der Waals surface area contributed by atoms with Crippen LogP contribution in [-0.2, 0) is 46.4 Å². The lowest BCUT2D eigenvalue weighted by atomic mass is 9.74. The third kappa shape index (κ3) is 12.1. The quantitative estimate of drug-likeness (QED) is 0.128. The maximum atomic E-state index is 13.9. The molecule has 0 amide bonds. The summed E-state index contributed by atoms with van der Waals surface area (Å²) < 4.78 is 26.7. The van der Waals surface area contributed by atoms with Gasteiger partial charge in [0.2, 0.25) is 0 Å². The van der Waals surface area contributed by atoms with Gasteiger partial charge < -0.3 is 44.5 Å². The number of carbonyl (C=O) groups excluding carboxylic acids is 3. The van der Waals surface area contributed by atoms with Crippen molar-refractivity contribution in [2.45, 2.75) is 174 Å². The third-order valence-corrected chi connectivity index (χ3v) is 13.2. The number of likely N-dealkylation sites (N-methyl/N-ethyl adjacent to an activating group) is 1. The van der Waals surface area contributed by atoms with Gasteiger partial charge in [-0.3, -0.25) is 24.0 Å². The molecule has 16 nitrogen and oxygen atoms in total. The highest BCUT2D eigenvalue weighted by Crippen LogP contribution is 2.39. The molecule has 0 aliphatic carbocycles. The number of ketones is 2. The second-order valence-corrected chi connectivity index (χ2v) is 18.1. The molecule has 2 aliphatic heterocycles. The smallest absolute Gasteiger partial charge is 0.311 e. The predicted molar refractivity (Wildman–Crippen MR) is 226 cm³/mol. The van der Waals surface area contributed by atoms with E-state index in [1.165, 1.54) is 27.9 Å². The van der Waals surface area contributed by atoms with Crippen molar-refractivity contribution in [3.8, 4) is 11.3 Å². The summed E-state index contributed by atoms with van der Waals surface area (Å²) in [5.74, 6) is -4.98. The second kappa shape index (κ2) is 21.9. The molecular weight excluding hydrogens is 789 g/mol. The molecular formula is C45H72N4O12. The number of aliphatic hydroxyl groups is 5. The van der Waals surface area contributed by atoms with Crippen molar-refractivity contribution in [3.05, 3.63) is 36.0 Å². The normalized spacial score (nSPS) is 35.8. The van der Waals surface area contributed by atoms with Crippen LogP contribution in [-0.4, -0.2) is 144 Å². The number of Topliss-reactive ketones (excluding diaryl/α,β-unsaturated/α-hetero) is 2. The molecule has 0 bridgehead atoms. The molecule has 0 radical (unpaired) electrons. The van der Waals surface area contributed by atoms with Gasteiger partial charge in [-0.2, -0.15) is 0 Å². The van der Waals surface area contributed by atoms with E-state index in [0.717, 1.165) is 24.0 Å². The van der Waals surface area contributed by atoms with Gasteiger partial charge in [0, 0.05) is 56.0 Å². The van der Waals surface area contributed by atoms with Crippen molar-refractivity contribution in [3.63, 3.8) is 0 Å². The fraction of sp³-hybridized carbons (Fsp3) is 0.756. The monoisotopic (exact) mass is 861 g/mol. The van der Waals surface area contributed by atoms with E-state index in [1.807, 2.05) is 49.3 Å². The second-order valence-electron chi connectivity index (χ2n) is 18.1. The number of carbonyl (C=O) groups is 3. The Labute approximate surface area is 360 Å². The average Bonchev–Trinajstić information content (AvgIpc) is 3.71. The average molecular weight is 861 g/mol. The molecule has 4 rings (SSSR count). The molecule has 1 aromatic carbocycles. The minimum Gasteiger partial charge on any atom is -0.459 e. The molecule has 0 saturated carbocycles. The Kier molecular flexibility index (Phi) is 18.1. The van der Waals surface area contributed by atoms with Gasteiger partial charge in [-0.05, 0) is 72.4 Å². The number of unbranched alkanes of at least 4 members (excludes halogenated alkanes) is 2. The minimum absolute atomic E-state index is 0.0774. The van der Waals surface area contributed by atoms with Crippen LogP contribution in [0.2, 0.25) is 0 Å². The van der Waals surface area contributed by atoms with Crippen molar-refractivity contribution in [2.24, 2.45) is 23.7 Å². The highest BCUT2D eigenvalue weighted by molar-refractivity contribution is 5.83. The van der Waals surface area contributed by atoms with Crippen molar-refractivity contribution < 1.29 is 58.9 Å². The minimum atomic E-state index is -1.96. The van der Waals surface area contributed by atoms with Crippen molar-refractivity contribution >= 4 is 17.5 Å². The summed E-state index contributed by atoms with van der Waals surface area (Å²) in [5, 5.41) is 64.4. The highest BCUT2D eigenvalue weighted by Gasteiger charge is 2.52. The Morgan fingerprint density at radius 2 is 1.70 bits per heavy atom. The lowest BCUT2D eigenvalue weighted by Gasteiger charge is -2.48. The summed E-state index contributed by atoms with van der Waals surface area (Å²) in [6, 6.07) is 7.42. The lowest BCUT2D eigenvalue weighted by molar-refractivity contribution is -0.302. The number of hydrogen-bond acceptors (Lipinski definition) is 15. The van der Waals surface area contributed by atoms with Crippen molar-refractivity contribution in [2.75, 3.05) is 20.8 Å². The van der Waals surface area contributed by atoms with Crippen LogP contribution in [0.4, 0.5) is 0 Å². The highest BCUT2D eigenvalue weighted by atomic mass is 16.7. The summed E-state index contributed by atoms with van der Waals surface area (Å²) in [6.07, 6.45) is -2.56. The fourth-order valence-corrected chi connectivity index (χ4v) is 9.19. The van der Waals surface area contributed by atoms with Gasteiger partial charge in [-0.15, -0.1) is 5.10 Å². The molecule has 2 saturated heterocycles. The number of methoxy groups -OCH3 is 1. The van der Waals surface area contributed by atoms with Gasteiger partial charge in [0.15, 0.2) is 12.1 Å². The van der Waals surface area contributed by atoms with E-state index in [-0.39, 0.29) is 30.5 Å². The molecule has 61 heavy (non-hydrogen) atoms. The summed E-state index contributed by atoms with van der Waals surface area (Å²) >= 11 is 0. The number of aliphatic hydroxyl groups excluding tert-OH is 4. The molecule has 3 heterocycles. The Hall–Kier alpha value is -3.19. The van der Waals surface area contributed by atoms with Crippen molar-refractivity contribution in [1.82, 2.24) is 19.9 Å². The standard InChI is InChI=1S/C45H72N4O12/c1-11-36-45(8,57)40(55)28(4)37(52)26(2)22-44(7,58-10)41(29(5)38(53)30(6)42(56)60-36)61-43-39(54)35(21-27(3)59-43)48(9)23-31-17-14-15-19-33(31)34-24-49(47-46-34)20-16-12-13-18-32(51)25-50/h14-15,17,19,24,26-30,35-36,38-41,43,50,53-55,57H,11-13,16,18,20-23,25H2,1-10H3/t26-,27-,28+,29+,30-,35+,36-,38+,39-,40-,41-,43+,44-,45-/m1/s1. The van der Waals surface area contributed by atoms with E-state index in [2.05, 4.69) is 10.3 Å². The first-order valence-electron chi connectivity index (χ1n) is 21.9. The zero-order chi connectivity index (χ0) is 45.4. The van der Waals surface area contributed by atoms with E-state index in [9.17, 15) is 34.8 Å². The summed E-state index contributed by atoms with van der Waals surface area (Å²) in [5.41, 5.74) is -0.694. The number of aryl methyl sites for hydroxylation is 1. The molecule has 0 unspecified atom stereocenters. The zero-order valence-electron chi connectivity index (χ0n) is 37.8. The Morgan fingerprint density at radius 3 is 2.36 bits per heavy atom. The van der Waals surface area contributed by atoms with Crippen LogP contribution in [0.3, 0.4) is 0 Å². The molecule has 2 fully saturated rings. The first-order chi connectivity index (χ1) is 28.7. The van der Waals surface area contributed by atoms with Gasteiger partial charge in [0.25, 0.3) is 0 Å². The summed E-state index contributed by atoms with van der Waals surface area (Å²) in [6.45, 7) is 13.8. The van der Waals surface area contributed by atoms with Crippen LogP contribution < -0.4 is 0 Å². The Balaban J connectivity index is 1.58. The number of nitrogens with zero attached hydrogens (tertiary/aromatic N) is 4. The third-order valence-electron chi connectivity index (χ3n) is 13.2. The van der Waals surface area contributed by atoms with E-state index in [0.29, 0.717) is 38.0 Å². The molecule has 2 aromatic rings. The topological polar surface area (TPSA) is 223 Å². The number of rotatable bonds is 15. The van der Waals surface area contributed by atoms with Gasteiger partial charge in [0.05, 0.1) is 42.1 Å². The molecule has 5 N–H and O–H groups in total. The van der Waals surface area contributed by atoms with Crippen LogP contribution in [0.25, 0.3) is 11.3 Å². The van der Waals surface area contributed by atoms with Crippen LogP contribution in [0.5, 0.6) is 0 Å². The molecule has 2 aliphatic rings. The number of hydrogen-bond donors (Lipinski definition) is 5. The number of esters is 1. The first-order valence-corrected chi connectivity index (χ1v) is 21.9. The molecule has 344 valence electrons. The van der Waals surface area contributed by atoms with Gasteiger partial charge >= 0.3 is 5.97 Å². The summed E-state index contributed by atoms with van der Waals surface area (Å²) in [7, 11) is 3.39. The van der Waals surface area contributed by atoms with Crippen molar-refractivity contribution in [1.29, 1.82) is 0 Å². The maximum absolute atomic E-state index is 13.9. The predicted octanol–water partition coefficient (Wildman–Crippen LogP) is 3.47. The van der Waals surface area contributed by atoms with Crippen LogP contribution in [0, 0.1) is 23.7 Å². The molecule has 14 atom stereocenters. The number of ether oxygens (including phenoxy) is 4. The molecule has 0 spiro atoms. The van der Waals surface area contributed by atoms with E-state index >= 15 is 0 Å². The van der Waals surface area contributed by atoms with E-state index < -0.39 is 90.3 Å². The van der Waals surface area contributed by atoms with Crippen LogP contribution in [0.15, 0.2) is 30.5 Å². The molecule has 1 aromatic heterocycles. The Bertz CT molecular complexity index is 1740. The van der Waals surface area contributed by atoms with Gasteiger partial charge in [-0.25, -0.2) is 0 Å². The lowest BCUT2D eigenvalue weighted by Crippen LogP contribution is -2.60. The largest absolute Gasteiger partial charge is 0.459 e. The van der Waals surface area contributed by atoms with Gasteiger partial charge in [-0.1, -0.05) is 63.6 Å². The Morgan fingerprint density at radius 1 is 1.02 bits per heavy atom. The maximum Gasteiger partial charge on any atom is 0.311 e. The summed E-state index contributed by atoms with van der Waals surface area (Å²) in [4.78, 5) is 41.0. The SMILES string of the molecule is CC[C@H]1OC(=O)[C@H](C)[C@@H](O)[C@H](C)[C@@H](O[C@@H]2O[C@H](C)C[C@H](N(C)Cc3ccccc3-c3cn(CCCCCC(=O)CO)nn3)[C@H]2O)[C@](C)(OC)C[C@@H](C)C(=O)[C@H](C)[C@@H](O)[C@]1(C)O. The van der Waals surface area contributed by atoms with E-state index in [4.69, 9.17) is 24.1 Å². The van der Waals surface area contributed by atoms with Crippen LogP contribution >= 0.6 is 0 Å². The number of aromatic nitrogens is 3.